The summed E-state index contributed by atoms with van der Waals surface area (Å²) < 4.78 is 15.4. The van der Waals surface area contributed by atoms with E-state index in [9.17, 15) is 4.21 Å². The molecule has 20 heavy (non-hydrogen) atoms. The van der Waals surface area contributed by atoms with Crippen LogP contribution >= 0.6 is 11.6 Å². The third kappa shape index (κ3) is 2.76. The molecule has 2 rings (SSSR count). The van der Waals surface area contributed by atoms with E-state index in [4.69, 9.17) is 11.6 Å². The quantitative estimate of drug-likeness (QED) is 0.770. The number of nitrogens with zero attached hydrogens (tertiary/aromatic N) is 4. The average Bonchev–Trinajstić information content (AvgIpc) is 2.93. The minimum absolute atomic E-state index is 0.207. The van der Waals surface area contributed by atoms with Crippen molar-refractivity contribution in [1.29, 1.82) is 0 Å². The number of hydrogen-bond donors (Lipinski definition) is 0. The molecule has 0 amide bonds. The molecule has 2 heterocycles. The molecule has 0 N–H and O–H groups in total. The standard InChI is InChI=1S/C13H21ClN4OS/c1-5-17-13-12(10(3)16-17)15-11(8-14)18(13)9(2)6-7-20(4)19/h9H,5-8H2,1-4H3. The number of imidazole rings is 1. The fourth-order valence-corrected chi connectivity index (χ4v) is 3.34. The van der Waals surface area contributed by atoms with Crippen LogP contribution in [0.25, 0.3) is 11.2 Å². The highest BCUT2D eigenvalue weighted by atomic mass is 35.5. The van der Waals surface area contributed by atoms with Gasteiger partial charge in [-0.05, 0) is 27.2 Å². The molecule has 2 unspecified atom stereocenters. The molecule has 0 saturated heterocycles. The molecule has 0 aliphatic carbocycles. The molecule has 0 spiro atoms. The highest BCUT2D eigenvalue weighted by molar-refractivity contribution is 7.84. The first kappa shape index (κ1) is 15.5. The molecule has 0 aliphatic rings. The number of rotatable bonds is 6. The summed E-state index contributed by atoms with van der Waals surface area (Å²) in [5, 5.41) is 4.51. The highest BCUT2D eigenvalue weighted by Crippen LogP contribution is 2.26. The van der Waals surface area contributed by atoms with Crippen molar-refractivity contribution >= 4 is 33.6 Å². The van der Waals surface area contributed by atoms with Crippen molar-refractivity contribution in [2.75, 3.05) is 12.0 Å². The van der Waals surface area contributed by atoms with Crippen LogP contribution < -0.4 is 0 Å². The number of hydrogen-bond acceptors (Lipinski definition) is 3. The maximum absolute atomic E-state index is 11.3. The second-order valence-electron chi connectivity index (χ2n) is 5.02. The van der Waals surface area contributed by atoms with Crippen LogP contribution in [-0.2, 0) is 23.2 Å². The molecule has 0 saturated carbocycles. The first-order valence-electron chi connectivity index (χ1n) is 6.79. The monoisotopic (exact) mass is 316 g/mol. The second kappa shape index (κ2) is 6.26. The van der Waals surface area contributed by atoms with Crippen LogP contribution in [0.2, 0.25) is 0 Å². The Morgan fingerprint density at radius 1 is 1.45 bits per heavy atom. The highest BCUT2D eigenvalue weighted by Gasteiger charge is 2.21. The zero-order valence-corrected chi connectivity index (χ0v) is 14.0. The Morgan fingerprint density at radius 3 is 2.70 bits per heavy atom. The third-order valence-electron chi connectivity index (χ3n) is 3.50. The van der Waals surface area contributed by atoms with E-state index in [0.717, 1.165) is 35.6 Å². The van der Waals surface area contributed by atoms with Gasteiger partial charge in [0.25, 0.3) is 0 Å². The van der Waals surface area contributed by atoms with Gasteiger partial charge in [0.15, 0.2) is 5.65 Å². The Morgan fingerprint density at radius 2 is 2.15 bits per heavy atom. The molecule has 0 bridgehead atoms. The van der Waals surface area contributed by atoms with Crippen LogP contribution in [0, 0.1) is 6.92 Å². The van der Waals surface area contributed by atoms with E-state index in [-0.39, 0.29) is 6.04 Å². The van der Waals surface area contributed by atoms with Gasteiger partial charge < -0.3 is 4.57 Å². The minimum Gasteiger partial charge on any atom is -0.309 e. The summed E-state index contributed by atoms with van der Waals surface area (Å²) in [6.45, 7) is 6.95. The van der Waals surface area contributed by atoms with Gasteiger partial charge in [0, 0.05) is 35.4 Å². The molecule has 112 valence electrons. The number of aryl methyl sites for hydroxylation is 2. The van der Waals surface area contributed by atoms with Crippen molar-refractivity contribution in [1.82, 2.24) is 19.3 Å². The summed E-state index contributed by atoms with van der Waals surface area (Å²) in [5.74, 6) is 1.91. The molecule has 0 aliphatic heterocycles. The van der Waals surface area contributed by atoms with Crippen LogP contribution in [0.3, 0.4) is 0 Å². The summed E-state index contributed by atoms with van der Waals surface area (Å²) in [6.07, 6.45) is 2.57. The number of alkyl halides is 1. The Bertz CT molecular complexity index is 634. The lowest BCUT2D eigenvalue weighted by Gasteiger charge is -2.17. The SMILES string of the molecule is CCn1nc(C)c2nc(CCl)n(C(C)CCS(C)=O)c21. The first-order chi connectivity index (χ1) is 9.49. The van der Waals surface area contributed by atoms with Gasteiger partial charge >= 0.3 is 0 Å². The molecular weight excluding hydrogens is 296 g/mol. The molecule has 0 radical (unpaired) electrons. The van der Waals surface area contributed by atoms with Gasteiger partial charge in [-0.2, -0.15) is 5.10 Å². The number of fused-ring (bicyclic) bond motifs is 1. The van der Waals surface area contributed by atoms with Crippen LogP contribution in [0.5, 0.6) is 0 Å². The topological polar surface area (TPSA) is 52.7 Å². The average molecular weight is 317 g/mol. The van der Waals surface area contributed by atoms with Gasteiger partial charge in [-0.15, -0.1) is 11.6 Å². The van der Waals surface area contributed by atoms with Gasteiger partial charge in [0.05, 0.1) is 11.6 Å². The molecule has 2 aromatic heterocycles. The molecule has 0 fully saturated rings. The normalized spacial score (nSPS) is 14.8. The lowest BCUT2D eigenvalue weighted by molar-refractivity contribution is 0.512. The Balaban J connectivity index is 2.51. The summed E-state index contributed by atoms with van der Waals surface area (Å²) in [4.78, 5) is 4.62. The van der Waals surface area contributed by atoms with Crippen LogP contribution in [0.15, 0.2) is 0 Å². The maximum Gasteiger partial charge on any atom is 0.159 e. The van der Waals surface area contributed by atoms with Gasteiger partial charge in [0.2, 0.25) is 0 Å². The smallest absolute Gasteiger partial charge is 0.159 e. The van der Waals surface area contributed by atoms with Crippen molar-refractivity contribution in [2.45, 2.75) is 45.7 Å². The van der Waals surface area contributed by atoms with Crippen molar-refractivity contribution < 1.29 is 4.21 Å². The van der Waals surface area contributed by atoms with E-state index < -0.39 is 10.8 Å². The largest absolute Gasteiger partial charge is 0.309 e. The zero-order chi connectivity index (χ0) is 14.9. The molecule has 0 aromatic carbocycles. The predicted octanol–water partition coefficient (Wildman–Crippen LogP) is 2.63. The minimum atomic E-state index is -0.781. The lowest BCUT2D eigenvalue weighted by Crippen LogP contribution is -2.14. The van der Waals surface area contributed by atoms with E-state index in [2.05, 4.69) is 28.5 Å². The second-order valence-corrected chi connectivity index (χ2v) is 6.84. The first-order valence-corrected chi connectivity index (χ1v) is 9.05. The third-order valence-corrected chi connectivity index (χ3v) is 4.55. The molecule has 2 aromatic rings. The lowest BCUT2D eigenvalue weighted by atomic mass is 10.2. The van der Waals surface area contributed by atoms with E-state index in [0.29, 0.717) is 11.6 Å². The molecule has 2 atom stereocenters. The van der Waals surface area contributed by atoms with Crippen molar-refractivity contribution in [3.63, 3.8) is 0 Å². The van der Waals surface area contributed by atoms with E-state index in [1.165, 1.54) is 0 Å². The summed E-state index contributed by atoms with van der Waals surface area (Å²) in [6, 6.07) is 0.207. The maximum atomic E-state index is 11.3. The van der Waals surface area contributed by atoms with E-state index >= 15 is 0 Å². The number of aromatic nitrogens is 4. The Hall–Kier alpha value is -0.880. The zero-order valence-electron chi connectivity index (χ0n) is 12.4. The summed E-state index contributed by atoms with van der Waals surface area (Å²) >= 11 is 6.04. The van der Waals surface area contributed by atoms with Crippen molar-refractivity contribution in [3.05, 3.63) is 11.5 Å². The summed E-state index contributed by atoms with van der Waals surface area (Å²) in [5.41, 5.74) is 2.88. The van der Waals surface area contributed by atoms with Crippen molar-refractivity contribution in [3.8, 4) is 0 Å². The van der Waals surface area contributed by atoms with Gasteiger partial charge in [0.1, 0.15) is 11.3 Å². The van der Waals surface area contributed by atoms with Gasteiger partial charge in [-0.3, -0.25) is 4.21 Å². The summed E-state index contributed by atoms with van der Waals surface area (Å²) in [7, 11) is -0.781. The van der Waals surface area contributed by atoms with Crippen molar-refractivity contribution in [2.24, 2.45) is 0 Å². The molecule has 5 nitrogen and oxygen atoms in total. The molecular formula is C13H21ClN4OS. The molecule has 7 heteroatoms. The van der Waals surface area contributed by atoms with Crippen LogP contribution in [-0.4, -0.2) is 35.5 Å². The fourth-order valence-electron chi connectivity index (χ4n) is 2.48. The van der Waals surface area contributed by atoms with Crippen LogP contribution in [0.4, 0.5) is 0 Å². The van der Waals surface area contributed by atoms with Gasteiger partial charge in [-0.1, -0.05) is 0 Å². The fraction of sp³-hybridized carbons (Fsp3) is 0.692. The van der Waals surface area contributed by atoms with Crippen LogP contribution in [0.1, 0.15) is 37.8 Å². The Labute approximate surface area is 126 Å². The Kier molecular flexibility index (Phi) is 4.86. The van der Waals surface area contributed by atoms with E-state index in [1.54, 1.807) is 6.26 Å². The van der Waals surface area contributed by atoms with E-state index in [1.807, 2.05) is 11.6 Å². The number of halogens is 1. The van der Waals surface area contributed by atoms with Gasteiger partial charge in [-0.25, -0.2) is 9.67 Å². The predicted molar refractivity (Wildman–Crippen MR) is 83.7 cm³/mol.